The van der Waals surface area contributed by atoms with Gasteiger partial charge in [0.05, 0.1) is 11.7 Å². The molecule has 3 nitrogen and oxygen atoms in total. The molecule has 0 saturated heterocycles. The van der Waals surface area contributed by atoms with Crippen molar-refractivity contribution in [1.29, 1.82) is 0 Å². The van der Waals surface area contributed by atoms with Crippen LogP contribution in [0, 0.1) is 0 Å². The van der Waals surface area contributed by atoms with Crippen molar-refractivity contribution in [2.75, 3.05) is 7.11 Å². The van der Waals surface area contributed by atoms with Crippen LogP contribution in [0.2, 0.25) is 0 Å². The SMILES string of the molecule is COC1(C(O)c2cccc(OC(C)C)c2)CCCCC1. The maximum Gasteiger partial charge on any atom is 0.120 e. The molecule has 0 bridgehead atoms. The van der Waals surface area contributed by atoms with Crippen molar-refractivity contribution in [2.24, 2.45) is 0 Å². The van der Waals surface area contributed by atoms with Gasteiger partial charge in [0.15, 0.2) is 0 Å². The molecule has 1 aromatic carbocycles. The van der Waals surface area contributed by atoms with E-state index >= 15 is 0 Å². The summed E-state index contributed by atoms with van der Waals surface area (Å²) < 4.78 is 11.4. The highest BCUT2D eigenvalue weighted by Crippen LogP contribution is 2.41. The predicted molar refractivity (Wildman–Crippen MR) is 80.0 cm³/mol. The molecule has 1 saturated carbocycles. The normalized spacial score (nSPS) is 19.9. The van der Waals surface area contributed by atoms with E-state index in [1.165, 1.54) is 6.42 Å². The topological polar surface area (TPSA) is 38.7 Å². The fraction of sp³-hybridized carbons (Fsp3) is 0.647. The van der Waals surface area contributed by atoms with Crippen molar-refractivity contribution in [2.45, 2.75) is 63.8 Å². The summed E-state index contributed by atoms with van der Waals surface area (Å²) in [5.74, 6) is 0.804. The number of hydrogen-bond donors (Lipinski definition) is 1. The molecule has 1 aromatic rings. The Hall–Kier alpha value is -1.06. The Labute approximate surface area is 121 Å². The minimum Gasteiger partial charge on any atom is -0.491 e. The largest absolute Gasteiger partial charge is 0.491 e. The van der Waals surface area contributed by atoms with Gasteiger partial charge in [0.2, 0.25) is 0 Å². The van der Waals surface area contributed by atoms with Crippen LogP contribution in [0.4, 0.5) is 0 Å². The van der Waals surface area contributed by atoms with E-state index in [1.807, 2.05) is 38.1 Å². The fourth-order valence-corrected chi connectivity index (χ4v) is 3.07. The molecule has 1 atom stereocenters. The average Bonchev–Trinajstić information content (AvgIpc) is 2.47. The molecule has 1 aliphatic rings. The van der Waals surface area contributed by atoms with Gasteiger partial charge in [-0.3, -0.25) is 0 Å². The third kappa shape index (κ3) is 3.33. The summed E-state index contributed by atoms with van der Waals surface area (Å²) in [5, 5.41) is 10.8. The zero-order chi connectivity index (χ0) is 14.6. The van der Waals surface area contributed by atoms with E-state index in [0.717, 1.165) is 37.0 Å². The first-order valence-electron chi connectivity index (χ1n) is 7.57. The second-order valence-electron chi connectivity index (χ2n) is 5.97. The zero-order valence-corrected chi connectivity index (χ0v) is 12.8. The molecule has 0 amide bonds. The van der Waals surface area contributed by atoms with Crippen LogP contribution < -0.4 is 4.74 Å². The highest BCUT2D eigenvalue weighted by atomic mass is 16.5. The number of rotatable bonds is 5. The first-order chi connectivity index (χ1) is 9.57. The summed E-state index contributed by atoms with van der Waals surface area (Å²) in [4.78, 5) is 0. The summed E-state index contributed by atoms with van der Waals surface area (Å²) in [5.41, 5.74) is 0.446. The van der Waals surface area contributed by atoms with Crippen LogP contribution in [0.3, 0.4) is 0 Å². The van der Waals surface area contributed by atoms with Crippen molar-refractivity contribution in [3.63, 3.8) is 0 Å². The lowest BCUT2D eigenvalue weighted by Gasteiger charge is -2.40. The molecule has 1 fully saturated rings. The third-order valence-corrected chi connectivity index (χ3v) is 4.15. The number of aliphatic hydroxyl groups is 1. The molecule has 0 aliphatic heterocycles. The second kappa shape index (κ2) is 6.59. The molecule has 0 radical (unpaired) electrons. The standard InChI is InChI=1S/C17H26O3/c1-13(2)20-15-9-7-8-14(12-15)16(18)17(19-3)10-5-4-6-11-17/h7-9,12-13,16,18H,4-6,10-11H2,1-3H3. The van der Waals surface area contributed by atoms with Gasteiger partial charge in [0.1, 0.15) is 11.9 Å². The van der Waals surface area contributed by atoms with Gasteiger partial charge in [-0.05, 0) is 44.4 Å². The predicted octanol–water partition coefficient (Wildman–Crippen LogP) is 3.86. The molecule has 3 heteroatoms. The van der Waals surface area contributed by atoms with Gasteiger partial charge in [0.25, 0.3) is 0 Å². The minimum absolute atomic E-state index is 0.133. The number of benzene rings is 1. The summed E-state index contributed by atoms with van der Waals surface area (Å²) in [6.45, 7) is 4.00. The van der Waals surface area contributed by atoms with E-state index in [0.29, 0.717) is 0 Å². The quantitative estimate of drug-likeness (QED) is 0.889. The lowest BCUT2D eigenvalue weighted by molar-refractivity contribution is -0.125. The summed E-state index contributed by atoms with van der Waals surface area (Å²) >= 11 is 0. The van der Waals surface area contributed by atoms with Crippen molar-refractivity contribution in [3.05, 3.63) is 29.8 Å². The summed E-state index contributed by atoms with van der Waals surface area (Å²) in [6.07, 6.45) is 4.84. The van der Waals surface area contributed by atoms with Crippen molar-refractivity contribution < 1.29 is 14.6 Å². The molecular formula is C17H26O3. The van der Waals surface area contributed by atoms with Gasteiger partial charge < -0.3 is 14.6 Å². The number of hydrogen-bond acceptors (Lipinski definition) is 3. The number of aliphatic hydroxyl groups excluding tert-OH is 1. The number of methoxy groups -OCH3 is 1. The smallest absolute Gasteiger partial charge is 0.120 e. The molecule has 0 spiro atoms. The van der Waals surface area contributed by atoms with Crippen LogP contribution in [0.15, 0.2) is 24.3 Å². The molecular weight excluding hydrogens is 252 g/mol. The second-order valence-corrected chi connectivity index (χ2v) is 5.97. The Balaban J connectivity index is 2.20. The zero-order valence-electron chi connectivity index (χ0n) is 12.8. The molecule has 0 aromatic heterocycles. The average molecular weight is 278 g/mol. The van der Waals surface area contributed by atoms with E-state index in [1.54, 1.807) is 7.11 Å². The van der Waals surface area contributed by atoms with Crippen LogP contribution in [-0.2, 0) is 4.74 Å². The van der Waals surface area contributed by atoms with E-state index in [4.69, 9.17) is 9.47 Å². The van der Waals surface area contributed by atoms with Gasteiger partial charge in [0, 0.05) is 7.11 Å². The number of ether oxygens (including phenoxy) is 2. The lowest BCUT2D eigenvalue weighted by Crippen LogP contribution is -2.40. The highest BCUT2D eigenvalue weighted by Gasteiger charge is 2.40. The monoisotopic (exact) mass is 278 g/mol. The van der Waals surface area contributed by atoms with Gasteiger partial charge in [-0.25, -0.2) is 0 Å². The minimum atomic E-state index is -0.594. The van der Waals surface area contributed by atoms with Gasteiger partial charge >= 0.3 is 0 Å². The maximum atomic E-state index is 10.8. The third-order valence-electron chi connectivity index (χ3n) is 4.15. The van der Waals surface area contributed by atoms with Gasteiger partial charge in [-0.1, -0.05) is 31.4 Å². The fourth-order valence-electron chi connectivity index (χ4n) is 3.07. The van der Waals surface area contributed by atoms with Crippen LogP contribution in [-0.4, -0.2) is 23.9 Å². The molecule has 112 valence electrons. The molecule has 20 heavy (non-hydrogen) atoms. The highest BCUT2D eigenvalue weighted by molar-refractivity contribution is 5.31. The Morgan fingerprint density at radius 1 is 1.15 bits per heavy atom. The first kappa shape index (κ1) is 15.3. The molecule has 1 N–H and O–H groups in total. The van der Waals surface area contributed by atoms with E-state index < -0.39 is 11.7 Å². The van der Waals surface area contributed by atoms with Crippen LogP contribution in [0.5, 0.6) is 5.75 Å². The Morgan fingerprint density at radius 3 is 2.45 bits per heavy atom. The van der Waals surface area contributed by atoms with E-state index in [2.05, 4.69) is 0 Å². The maximum absolute atomic E-state index is 10.8. The molecule has 2 rings (SSSR count). The molecule has 1 aliphatic carbocycles. The molecule has 1 unspecified atom stereocenters. The summed E-state index contributed by atoms with van der Waals surface area (Å²) in [7, 11) is 1.71. The van der Waals surface area contributed by atoms with Crippen LogP contribution in [0.25, 0.3) is 0 Å². The Kier molecular flexibility index (Phi) is 5.06. The van der Waals surface area contributed by atoms with Gasteiger partial charge in [-0.2, -0.15) is 0 Å². The van der Waals surface area contributed by atoms with E-state index in [9.17, 15) is 5.11 Å². The van der Waals surface area contributed by atoms with Crippen LogP contribution in [0.1, 0.15) is 57.6 Å². The summed E-state index contributed by atoms with van der Waals surface area (Å²) in [6, 6.07) is 7.74. The van der Waals surface area contributed by atoms with Crippen LogP contribution >= 0.6 is 0 Å². The molecule has 0 heterocycles. The van der Waals surface area contributed by atoms with E-state index in [-0.39, 0.29) is 6.10 Å². The lowest BCUT2D eigenvalue weighted by atomic mass is 9.78. The first-order valence-corrected chi connectivity index (χ1v) is 7.57. The van der Waals surface area contributed by atoms with Gasteiger partial charge in [-0.15, -0.1) is 0 Å². The Morgan fingerprint density at radius 2 is 1.85 bits per heavy atom. The van der Waals surface area contributed by atoms with Crippen molar-refractivity contribution in [3.8, 4) is 5.75 Å². The van der Waals surface area contributed by atoms with Crippen molar-refractivity contribution in [1.82, 2.24) is 0 Å². The van der Waals surface area contributed by atoms with Crippen molar-refractivity contribution >= 4 is 0 Å². The Bertz CT molecular complexity index is 422.